The highest BCUT2D eigenvalue weighted by Gasteiger charge is 2.13. The second-order valence-electron chi connectivity index (χ2n) is 5.72. The first-order valence-electron chi connectivity index (χ1n) is 8.30. The molecule has 2 aromatic carbocycles. The number of hydrogen-bond donors (Lipinski definition) is 0. The number of hydrogen-bond acceptors (Lipinski definition) is 0. The molecule has 4 rings (SSSR count). The molecule has 0 radical (unpaired) electrons. The number of benzene rings is 2. The van der Waals surface area contributed by atoms with Gasteiger partial charge < -0.3 is 8.68 Å². The van der Waals surface area contributed by atoms with E-state index in [2.05, 4.69) is 124 Å². The molecule has 25 heavy (non-hydrogen) atoms. The molecule has 0 aliphatic heterocycles. The van der Waals surface area contributed by atoms with E-state index in [1.54, 1.807) is 0 Å². The van der Waals surface area contributed by atoms with Crippen molar-refractivity contribution in [2.45, 2.75) is 0 Å². The highest BCUT2D eigenvalue weighted by atomic mass is 31.1. The highest BCUT2D eigenvalue weighted by molar-refractivity contribution is 7.58. The van der Waals surface area contributed by atoms with Crippen LogP contribution in [0.15, 0.2) is 116 Å². The normalized spacial score (nSPS) is 10.8. The van der Waals surface area contributed by atoms with Gasteiger partial charge in [-0.3, -0.25) is 0 Å². The van der Waals surface area contributed by atoms with Gasteiger partial charge in [0.15, 0.2) is 0 Å². The summed E-state index contributed by atoms with van der Waals surface area (Å²) >= 11 is 0. The maximum Gasteiger partial charge on any atom is 0.129 e. The van der Waals surface area contributed by atoms with Gasteiger partial charge in [-0.05, 0) is 46.8 Å². The van der Waals surface area contributed by atoms with Crippen molar-refractivity contribution in [1.82, 2.24) is 8.68 Å². The molecule has 0 bridgehead atoms. The third-order valence-corrected chi connectivity index (χ3v) is 6.03. The van der Waals surface area contributed by atoms with E-state index in [0.717, 1.165) is 0 Å². The Bertz CT molecular complexity index is 849. The van der Waals surface area contributed by atoms with Crippen molar-refractivity contribution in [2.24, 2.45) is 0 Å². The summed E-state index contributed by atoms with van der Waals surface area (Å²) in [4.78, 5) is 0. The average Bonchev–Trinajstić information content (AvgIpc) is 3.38. The van der Waals surface area contributed by atoms with Crippen LogP contribution in [0.3, 0.4) is 0 Å². The van der Waals surface area contributed by atoms with Gasteiger partial charge in [-0.2, -0.15) is 0 Å². The lowest BCUT2D eigenvalue weighted by atomic mass is 10.00. The summed E-state index contributed by atoms with van der Waals surface area (Å²) in [6.45, 7) is 0. The smallest absolute Gasteiger partial charge is 0.129 e. The molecule has 0 saturated carbocycles. The van der Waals surface area contributed by atoms with Gasteiger partial charge in [0, 0.05) is 24.8 Å². The Morgan fingerprint density at radius 2 is 0.960 bits per heavy atom. The highest BCUT2D eigenvalue weighted by Crippen LogP contribution is 2.44. The molecule has 3 heteroatoms. The van der Waals surface area contributed by atoms with Crippen LogP contribution < -0.4 is 0 Å². The summed E-state index contributed by atoms with van der Waals surface area (Å²) in [5.74, 6) is 2.39. The van der Waals surface area contributed by atoms with Crippen molar-refractivity contribution in [2.75, 3.05) is 0 Å². The van der Waals surface area contributed by atoms with E-state index in [1.807, 2.05) is 0 Å². The molecule has 0 amide bonds. The van der Waals surface area contributed by atoms with E-state index < -0.39 is 8.22 Å². The molecule has 0 spiro atoms. The zero-order valence-corrected chi connectivity index (χ0v) is 14.7. The lowest BCUT2D eigenvalue weighted by Gasteiger charge is -2.19. The molecule has 0 unspecified atom stereocenters. The molecule has 0 atom stereocenters. The van der Waals surface area contributed by atoms with Crippen LogP contribution >= 0.6 is 8.22 Å². The standard InChI is InChI=1S/C22H19N2P/c1-3-11-20(12-4-1)22(21-13-5-2-6-14-21)19-25(23-15-7-8-16-23)24-17-9-10-18-24/h1-19H. The van der Waals surface area contributed by atoms with E-state index in [1.165, 1.54) is 16.7 Å². The van der Waals surface area contributed by atoms with Gasteiger partial charge in [-0.25, -0.2) is 0 Å². The van der Waals surface area contributed by atoms with Crippen molar-refractivity contribution in [3.63, 3.8) is 0 Å². The molecule has 0 aliphatic carbocycles. The molecule has 0 N–H and O–H groups in total. The van der Waals surface area contributed by atoms with Crippen LogP contribution in [0.1, 0.15) is 11.1 Å². The summed E-state index contributed by atoms with van der Waals surface area (Å²) in [5, 5.41) is 0. The minimum atomic E-state index is -0.692. The van der Waals surface area contributed by atoms with Gasteiger partial charge in [0.25, 0.3) is 0 Å². The van der Waals surface area contributed by atoms with Crippen LogP contribution in [0.2, 0.25) is 0 Å². The van der Waals surface area contributed by atoms with Crippen LogP contribution in [0.25, 0.3) is 5.57 Å². The van der Waals surface area contributed by atoms with Gasteiger partial charge in [0.1, 0.15) is 8.22 Å². The first kappa shape index (κ1) is 15.7. The summed E-state index contributed by atoms with van der Waals surface area (Å²) in [5.41, 5.74) is 3.73. The molecule has 2 nitrogen and oxygen atoms in total. The molecular formula is C22H19N2P. The number of rotatable bonds is 5. The fourth-order valence-electron chi connectivity index (χ4n) is 2.84. The zero-order valence-electron chi connectivity index (χ0n) is 13.8. The van der Waals surface area contributed by atoms with Crippen molar-refractivity contribution >= 4 is 13.8 Å². The molecule has 122 valence electrons. The zero-order chi connectivity index (χ0) is 16.9. The molecular weight excluding hydrogens is 323 g/mol. The predicted molar refractivity (Wildman–Crippen MR) is 107 cm³/mol. The first-order chi connectivity index (χ1) is 12.4. The van der Waals surface area contributed by atoms with E-state index in [-0.39, 0.29) is 0 Å². The predicted octanol–water partition coefficient (Wildman–Crippen LogP) is 6.09. The number of aromatic nitrogens is 2. The van der Waals surface area contributed by atoms with Crippen LogP contribution in [-0.4, -0.2) is 8.68 Å². The second kappa shape index (κ2) is 7.38. The molecule has 0 saturated heterocycles. The van der Waals surface area contributed by atoms with E-state index in [0.29, 0.717) is 0 Å². The third kappa shape index (κ3) is 3.50. The lowest BCUT2D eigenvalue weighted by molar-refractivity contribution is 1.15. The summed E-state index contributed by atoms with van der Waals surface area (Å²) in [6, 6.07) is 29.5. The number of nitrogens with zero attached hydrogens (tertiary/aromatic N) is 2. The largest absolute Gasteiger partial charge is 0.313 e. The first-order valence-corrected chi connectivity index (χ1v) is 9.62. The average molecular weight is 342 g/mol. The van der Waals surface area contributed by atoms with Gasteiger partial charge >= 0.3 is 0 Å². The van der Waals surface area contributed by atoms with Crippen molar-refractivity contribution in [3.8, 4) is 0 Å². The van der Waals surface area contributed by atoms with Crippen LogP contribution in [-0.2, 0) is 0 Å². The Labute approximate surface area is 149 Å². The lowest BCUT2D eigenvalue weighted by Crippen LogP contribution is -1.97. The summed E-state index contributed by atoms with van der Waals surface area (Å²) < 4.78 is 4.56. The summed E-state index contributed by atoms with van der Waals surface area (Å²) in [6.07, 6.45) is 8.54. The molecule has 0 aliphatic rings. The van der Waals surface area contributed by atoms with Gasteiger partial charge in [0.2, 0.25) is 0 Å². The molecule has 4 aromatic rings. The monoisotopic (exact) mass is 342 g/mol. The van der Waals surface area contributed by atoms with Crippen LogP contribution in [0.4, 0.5) is 0 Å². The van der Waals surface area contributed by atoms with Gasteiger partial charge in [0.05, 0.1) is 0 Å². The quantitative estimate of drug-likeness (QED) is 0.389. The van der Waals surface area contributed by atoms with Crippen LogP contribution in [0.5, 0.6) is 0 Å². The molecule has 2 aromatic heterocycles. The summed E-state index contributed by atoms with van der Waals surface area (Å²) in [7, 11) is -0.692. The minimum absolute atomic E-state index is 0.692. The van der Waals surface area contributed by atoms with E-state index >= 15 is 0 Å². The third-order valence-electron chi connectivity index (χ3n) is 4.06. The van der Waals surface area contributed by atoms with Crippen molar-refractivity contribution in [3.05, 3.63) is 127 Å². The molecule has 2 heterocycles. The Kier molecular flexibility index (Phi) is 4.63. The van der Waals surface area contributed by atoms with Crippen molar-refractivity contribution < 1.29 is 0 Å². The second-order valence-corrected chi connectivity index (χ2v) is 7.54. The van der Waals surface area contributed by atoms with E-state index in [4.69, 9.17) is 0 Å². The fraction of sp³-hybridized carbons (Fsp3) is 0. The minimum Gasteiger partial charge on any atom is -0.313 e. The Hall–Kier alpha value is -2.83. The van der Waals surface area contributed by atoms with Crippen LogP contribution in [0, 0.1) is 0 Å². The SMILES string of the molecule is C(=C(c1ccccc1)c1ccccc1)P(n1cccc1)n1cccc1. The Morgan fingerprint density at radius 3 is 1.36 bits per heavy atom. The maximum absolute atomic E-state index is 2.39. The molecule has 0 fully saturated rings. The fourth-order valence-corrected chi connectivity index (χ4v) is 4.73. The Balaban J connectivity index is 1.87. The maximum atomic E-state index is 2.39. The van der Waals surface area contributed by atoms with Crippen molar-refractivity contribution in [1.29, 1.82) is 0 Å². The van der Waals surface area contributed by atoms with E-state index in [9.17, 15) is 0 Å². The van der Waals surface area contributed by atoms with Gasteiger partial charge in [-0.15, -0.1) is 0 Å². The Morgan fingerprint density at radius 1 is 0.560 bits per heavy atom. The van der Waals surface area contributed by atoms with Gasteiger partial charge in [-0.1, -0.05) is 60.7 Å². The topological polar surface area (TPSA) is 9.86 Å².